The Balaban J connectivity index is 1.66. The standard InChI is InChI=1S/C15H12F3NO/c16-11-5-6-12(15(18)14(11)17)19-8-10-7-9-3-1-2-4-13(9)20-10/h1-6,10,19H,7-8H2. The molecule has 1 atom stereocenters. The highest BCUT2D eigenvalue weighted by molar-refractivity contribution is 5.46. The van der Waals surface area contributed by atoms with Crippen LogP contribution in [0.1, 0.15) is 5.56 Å². The molecule has 3 rings (SSSR count). The van der Waals surface area contributed by atoms with Crippen molar-refractivity contribution >= 4 is 5.69 Å². The van der Waals surface area contributed by atoms with Crippen LogP contribution >= 0.6 is 0 Å². The minimum absolute atomic E-state index is 0.0662. The smallest absolute Gasteiger partial charge is 0.196 e. The second-order valence-electron chi connectivity index (χ2n) is 4.66. The van der Waals surface area contributed by atoms with Gasteiger partial charge in [-0.2, -0.15) is 0 Å². The molecule has 0 aliphatic carbocycles. The van der Waals surface area contributed by atoms with Crippen LogP contribution in [0.15, 0.2) is 36.4 Å². The molecule has 2 aromatic carbocycles. The van der Waals surface area contributed by atoms with Crippen LogP contribution in [0.25, 0.3) is 0 Å². The zero-order valence-electron chi connectivity index (χ0n) is 10.5. The fraction of sp³-hybridized carbons (Fsp3) is 0.200. The number of hydrogen-bond donors (Lipinski definition) is 1. The largest absolute Gasteiger partial charge is 0.488 e. The van der Waals surface area contributed by atoms with E-state index in [4.69, 9.17) is 4.74 Å². The number of rotatable bonds is 3. The maximum Gasteiger partial charge on any atom is 0.196 e. The van der Waals surface area contributed by atoms with Crippen molar-refractivity contribution in [1.82, 2.24) is 0 Å². The molecule has 1 aliphatic rings. The van der Waals surface area contributed by atoms with Gasteiger partial charge in [0, 0.05) is 6.42 Å². The maximum absolute atomic E-state index is 13.5. The van der Waals surface area contributed by atoms with Crippen molar-refractivity contribution in [1.29, 1.82) is 0 Å². The Hall–Kier alpha value is -2.17. The molecule has 2 aromatic rings. The number of benzene rings is 2. The second-order valence-corrected chi connectivity index (χ2v) is 4.66. The lowest BCUT2D eigenvalue weighted by molar-refractivity contribution is 0.246. The summed E-state index contributed by atoms with van der Waals surface area (Å²) in [6, 6.07) is 9.71. The van der Waals surface area contributed by atoms with Gasteiger partial charge in [0.2, 0.25) is 0 Å². The first-order valence-corrected chi connectivity index (χ1v) is 6.27. The first-order valence-electron chi connectivity index (χ1n) is 6.27. The first kappa shape index (κ1) is 12.8. The van der Waals surface area contributed by atoms with E-state index in [1.165, 1.54) is 6.07 Å². The molecule has 0 spiro atoms. The number of para-hydroxylation sites is 1. The van der Waals surface area contributed by atoms with E-state index in [1.54, 1.807) is 0 Å². The van der Waals surface area contributed by atoms with E-state index < -0.39 is 17.5 Å². The molecular weight excluding hydrogens is 267 g/mol. The van der Waals surface area contributed by atoms with Crippen molar-refractivity contribution in [3.63, 3.8) is 0 Å². The van der Waals surface area contributed by atoms with Crippen LogP contribution in [0.4, 0.5) is 18.9 Å². The van der Waals surface area contributed by atoms with Crippen molar-refractivity contribution in [2.24, 2.45) is 0 Å². The van der Waals surface area contributed by atoms with Gasteiger partial charge in [-0.25, -0.2) is 13.2 Å². The summed E-state index contributed by atoms with van der Waals surface area (Å²) in [5, 5.41) is 2.75. The predicted molar refractivity (Wildman–Crippen MR) is 69.4 cm³/mol. The number of ether oxygens (including phenoxy) is 1. The minimum Gasteiger partial charge on any atom is -0.488 e. The average molecular weight is 279 g/mol. The highest BCUT2D eigenvalue weighted by Crippen LogP contribution is 2.28. The third-order valence-electron chi connectivity index (χ3n) is 3.27. The Labute approximate surface area is 114 Å². The number of anilines is 1. The first-order chi connectivity index (χ1) is 9.65. The fourth-order valence-electron chi connectivity index (χ4n) is 2.25. The van der Waals surface area contributed by atoms with Crippen molar-refractivity contribution < 1.29 is 17.9 Å². The van der Waals surface area contributed by atoms with Gasteiger partial charge in [-0.3, -0.25) is 0 Å². The third kappa shape index (κ3) is 2.31. The molecule has 1 aliphatic heterocycles. The van der Waals surface area contributed by atoms with Crippen molar-refractivity contribution in [3.05, 3.63) is 59.4 Å². The summed E-state index contributed by atoms with van der Waals surface area (Å²) in [4.78, 5) is 0. The third-order valence-corrected chi connectivity index (χ3v) is 3.27. The summed E-state index contributed by atoms with van der Waals surface area (Å²) < 4.78 is 45.0. The molecular formula is C15H12F3NO. The van der Waals surface area contributed by atoms with Gasteiger partial charge in [0.15, 0.2) is 17.5 Å². The van der Waals surface area contributed by atoms with Crippen LogP contribution in [-0.2, 0) is 6.42 Å². The summed E-state index contributed by atoms with van der Waals surface area (Å²) in [6.07, 6.45) is 0.550. The molecule has 2 nitrogen and oxygen atoms in total. The van der Waals surface area contributed by atoms with E-state index >= 15 is 0 Å². The van der Waals surface area contributed by atoms with Gasteiger partial charge in [-0.15, -0.1) is 0 Å². The van der Waals surface area contributed by atoms with Crippen molar-refractivity contribution in [2.75, 3.05) is 11.9 Å². The summed E-state index contributed by atoms with van der Waals surface area (Å²) in [5.74, 6) is -3.06. The fourth-order valence-corrected chi connectivity index (χ4v) is 2.25. The van der Waals surface area contributed by atoms with Gasteiger partial charge in [-0.1, -0.05) is 18.2 Å². The van der Waals surface area contributed by atoms with Gasteiger partial charge in [0.05, 0.1) is 12.2 Å². The Kier molecular flexibility index (Phi) is 3.26. The van der Waals surface area contributed by atoms with Crippen LogP contribution < -0.4 is 10.1 Å². The van der Waals surface area contributed by atoms with Gasteiger partial charge < -0.3 is 10.1 Å². The summed E-state index contributed by atoms with van der Waals surface area (Å²) in [6.45, 7) is 0.316. The quantitative estimate of drug-likeness (QED) is 0.868. The number of halogens is 3. The Bertz CT molecular complexity index is 620. The molecule has 0 saturated carbocycles. The highest BCUT2D eigenvalue weighted by atomic mass is 19.2. The lowest BCUT2D eigenvalue weighted by Gasteiger charge is -2.13. The normalized spacial score (nSPS) is 16.6. The Morgan fingerprint density at radius 3 is 2.65 bits per heavy atom. The Morgan fingerprint density at radius 1 is 1.05 bits per heavy atom. The van der Waals surface area contributed by atoms with Crippen LogP contribution in [0.5, 0.6) is 5.75 Å². The topological polar surface area (TPSA) is 21.3 Å². The van der Waals surface area contributed by atoms with E-state index in [1.807, 2.05) is 24.3 Å². The van der Waals surface area contributed by atoms with Gasteiger partial charge >= 0.3 is 0 Å². The average Bonchev–Trinajstić information content (AvgIpc) is 2.87. The zero-order chi connectivity index (χ0) is 14.1. The van der Waals surface area contributed by atoms with E-state index in [2.05, 4.69) is 5.32 Å². The molecule has 0 fully saturated rings. The lowest BCUT2D eigenvalue weighted by atomic mass is 10.1. The molecule has 0 bridgehead atoms. The SMILES string of the molecule is Fc1ccc(NCC2Cc3ccccc3O2)c(F)c1F. The van der Waals surface area contributed by atoms with Crippen molar-refractivity contribution in [2.45, 2.75) is 12.5 Å². The molecule has 0 radical (unpaired) electrons. The zero-order valence-corrected chi connectivity index (χ0v) is 10.5. The summed E-state index contributed by atoms with van der Waals surface area (Å²) in [7, 11) is 0. The molecule has 104 valence electrons. The molecule has 0 saturated heterocycles. The van der Waals surface area contributed by atoms with Gasteiger partial charge in [0.25, 0.3) is 0 Å². The highest BCUT2D eigenvalue weighted by Gasteiger charge is 2.22. The van der Waals surface area contributed by atoms with Crippen molar-refractivity contribution in [3.8, 4) is 5.75 Å². The van der Waals surface area contributed by atoms with Crippen LogP contribution in [-0.4, -0.2) is 12.6 Å². The lowest BCUT2D eigenvalue weighted by Crippen LogP contribution is -2.24. The molecule has 1 heterocycles. The number of fused-ring (bicyclic) bond motifs is 1. The van der Waals surface area contributed by atoms with E-state index in [9.17, 15) is 13.2 Å². The van der Waals surface area contributed by atoms with Crippen LogP contribution in [0.3, 0.4) is 0 Å². The monoisotopic (exact) mass is 279 g/mol. The van der Waals surface area contributed by atoms with Crippen LogP contribution in [0, 0.1) is 17.5 Å². The predicted octanol–water partition coefficient (Wildman–Crippen LogP) is 3.52. The molecule has 1 N–H and O–H groups in total. The van der Waals surface area contributed by atoms with Gasteiger partial charge in [-0.05, 0) is 23.8 Å². The molecule has 0 aromatic heterocycles. The number of hydrogen-bond acceptors (Lipinski definition) is 2. The van der Waals surface area contributed by atoms with E-state index in [-0.39, 0.29) is 11.8 Å². The second kappa shape index (κ2) is 5.07. The van der Waals surface area contributed by atoms with E-state index in [0.717, 1.165) is 17.4 Å². The maximum atomic E-state index is 13.5. The molecule has 0 amide bonds. The van der Waals surface area contributed by atoms with Crippen LogP contribution in [0.2, 0.25) is 0 Å². The minimum atomic E-state index is -1.47. The molecule has 20 heavy (non-hydrogen) atoms. The summed E-state index contributed by atoms with van der Waals surface area (Å²) >= 11 is 0. The van der Waals surface area contributed by atoms with Gasteiger partial charge in [0.1, 0.15) is 11.9 Å². The Morgan fingerprint density at radius 2 is 1.85 bits per heavy atom. The molecule has 5 heteroatoms. The van der Waals surface area contributed by atoms with E-state index in [0.29, 0.717) is 13.0 Å². The number of nitrogens with one attached hydrogen (secondary N) is 1. The molecule has 1 unspecified atom stereocenters. The summed E-state index contributed by atoms with van der Waals surface area (Å²) in [5.41, 5.74) is 1.02.